The van der Waals surface area contributed by atoms with Crippen LogP contribution >= 0.6 is 12.4 Å². The SMILES string of the molecule is CN(C1CNC1)S(=O)(=O)N1CCCC1.Cl. The van der Waals surface area contributed by atoms with Crippen molar-refractivity contribution in [2.45, 2.75) is 18.9 Å². The van der Waals surface area contributed by atoms with Crippen LogP contribution in [0.1, 0.15) is 12.8 Å². The van der Waals surface area contributed by atoms with Crippen molar-refractivity contribution in [1.82, 2.24) is 13.9 Å². The van der Waals surface area contributed by atoms with Gasteiger partial charge in [-0.2, -0.15) is 17.0 Å². The molecule has 2 fully saturated rings. The summed E-state index contributed by atoms with van der Waals surface area (Å²) >= 11 is 0. The Morgan fingerprint density at radius 1 is 1.27 bits per heavy atom. The quantitative estimate of drug-likeness (QED) is 0.750. The van der Waals surface area contributed by atoms with E-state index in [4.69, 9.17) is 0 Å². The van der Waals surface area contributed by atoms with E-state index < -0.39 is 10.2 Å². The Morgan fingerprint density at radius 2 is 1.80 bits per heavy atom. The molecule has 0 aliphatic carbocycles. The summed E-state index contributed by atoms with van der Waals surface area (Å²) in [5, 5.41) is 3.08. The molecule has 0 spiro atoms. The van der Waals surface area contributed by atoms with Crippen molar-refractivity contribution in [3.05, 3.63) is 0 Å². The van der Waals surface area contributed by atoms with E-state index in [0.29, 0.717) is 13.1 Å². The average molecular weight is 256 g/mol. The first-order valence-corrected chi connectivity index (χ1v) is 6.46. The zero-order valence-corrected chi connectivity index (χ0v) is 10.5. The summed E-state index contributed by atoms with van der Waals surface area (Å²) in [4.78, 5) is 0. The minimum absolute atomic E-state index is 0. The van der Waals surface area contributed by atoms with Crippen LogP contribution in [-0.2, 0) is 10.2 Å². The molecule has 5 nitrogen and oxygen atoms in total. The molecule has 15 heavy (non-hydrogen) atoms. The molecular weight excluding hydrogens is 238 g/mol. The van der Waals surface area contributed by atoms with Gasteiger partial charge in [-0.05, 0) is 12.8 Å². The molecule has 2 saturated heterocycles. The van der Waals surface area contributed by atoms with Gasteiger partial charge in [0.15, 0.2) is 0 Å². The number of hydrogen-bond acceptors (Lipinski definition) is 3. The van der Waals surface area contributed by atoms with Crippen molar-refractivity contribution >= 4 is 22.6 Å². The van der Waals surface area contributed by atoms with Crippen molar-refractivity contribution in [3.63, 3.8) is 0 Å². The number of nitrogens with one attached hydrogen (secondary N) is 1. The van der Waals surface area contributed by atoms with Gasteiger partial charge in [0.2, 0.25) is 0 Å². The fraction of sp³-hybridized carbons (Fsp3) is 1.00. The van der Waals surface area contributed by atoms with E-state index in [1.807, 2.05) is 0 Å². The van der Waals surface area contributed by atoms with Crippen molar-refractivity contribution in [2.24, 2.45) is 0 Å². The Balaban J connectivity index is 0.00000112. The van der Waals surface area contributed by atoms with E-state index in [0.717, 1.165) is 25.9 Å². The van der Waals surface area contributed by atoms with E-state index in [1.54, 1.807) is 11.4 Å². The van der Waals surface area contributed by atoms with Gasteiger partial charge in [-0.25, -0.2) is 0 Å². The van der Waals surface area contributed by atoms with Crippen LogP contribution in [0, 0.1) is 0 Å². The topological polar surface area (TPSA) is 52.7 Å². The van der Waals surface area contributed by atoms with Crippen molar-refractivity contribution < 1.29 is 8.42 Å². The number of halogens is 1. The lowest BCUT2D eigenvalue weighted by atomic mass is 10.2. The third-order valence-corrected chi connectivity index (χ3v) is 5.07. The molecule has 0 aromatic carbocycles. The highest BCUT2D eigenvalue weighted by Crippen LogP contribution is 2.18. The molecule has 0 aromatic rings. The predicted molar refractivity (Wildman–Crippen MR) is 61.4 cm³/mol. The molecule has 2 aliphatic heterocycles. The molecule has 0 saturated carbocycles. The first-order chi connectivity index (χ1) is 6.62. The Hall–Kier alpha value is 0.120. The summed E-state index contributed by atoms with van der Waals surface area (Å²) in [6.07, 6.45) is 1.99. The van der Waals surface area contributed by atoms with Crippen LogP contribution in [-0.4, -0.2) is 56.3 Å². The first kappa shape index (κ1) is 13.2. The van der Waals surface area contributed by atoms with E-state index in [1.165, 1.54) is 4.31 Å². The molecule has 0 amide bonds. The van der Waals surface area contributed by atoms with Gasteiger partial charge in [0, 0.05) is 33.2 Å². The standard InChI is InChI=1S/C8H17N3O2S.ClH/c1-10(8-6-9-7-8)14(12,13)11-4-2-3-5-11;/h8-9H,2-7H2,1H3;1H. The van der Waals surface area contributed by atoms with Crippen LogP contribution in [0.25, 0.3) is 0 Å². The monoisotopic (exact) mass is 255 g/mol. The molecule has 0 unspecified atom stereocenters. The zero-order chi connectivity index (χ0) is 10.2. The maximum absolute atomic E-state index is 12.0. The molecular formula is C8H18ClN3O2S. The normalized spacial score (nSPS) is 23.9. The van der Waals surface area contributed by atoms with Crippen LogP contribution in [0.4, 0.5) is 0 Å². The molecule has 0 atom stereocenters. The van der Waals surface area contributed by atoms with Crippen LogP contribution in [0.2, 0.25) is 0 Å². The van der Waals surface area contributed by atoms with E-state index in [9.17, 15) is 8.42 Å². The van der Waals surface area contributed by atoms with Crippen molar-refractivity contribution in [1.29, 1.82) is 0 Å². The van der Waals surface area contributed by atoms with Crippen LogP contribution in [0.15, 0.2) is 0 Å². The van der Waals surface area contributed by atoms with Gasteiger partial charge in [-0.3, -0.25) is 0 Å². The molecule has 0 bridgehead atoms. The van der Waals surface area contributed by atoms with Gasteiger partial charge in [0.05, 0.1) is 6.04 Å². The lowest BCUT2D eigenvalue weighted by Crippen LogP contribution is -2.59. The highest BCUT2D eigenvalue weighted by Gasteiger charge is 2.35. The number of rotatable bonds is 3. The molecule has 2 heterocycles. The van der Waals surface area contributed by atoms with Gasteiger partial charge in [0.1, 0.15) is 0 Å². The largest absolute Gasteiger partial charge is 0.313 e. The fourth-order valence-electron chi connectivity index (χ4n) is 1.82. The van der Waals surface area contributed by atoms with E-state index in [-0.39, 0.29) is 18.4 Å². The Morgan fingerprint density at radius 3 is 2.20 bits per heavy atom. The Bertz CT molecular complexity index is 299. The summed E-state index contributed by atoms with van der Waals surface area (Å²) in [5.41, 5.74) is 0. The van der Waals surface area contributed by atoms with Crippen LogP contribution < -0.4 is 5.32 Å². The molecule has 2 rings (SSSR count). The maximum atomic E-state index is 12.0. The molecule has 2 aliphatic rings. The Labute approximate surface area is 97.4 Å². The Kier molecular flexibility index (Phi) is 4.37. The van der Waals surface area contributed by atoms with Gasteiger partial charge >= 0.3 is 0 Å². The lowest BCUT2D eigenvalue weighted by Gasteiger charge is -2.36. The zero-order valence-electron chi connectivity index (χ0n) is 8.85. The van der Waals surface area contributed by atoms with Crippen molar-refractivity contribution in [2.75, 3.05) is 33.2 Å². The fourth-order valence-corrected chi connectivity index (χ4v) is 3.43. The molecule has 0 aromatic heterocycles. The average Bonchev–Trinajstić information content (AvgIpc) is 2.52. The predicted octanol–water partition coefficient (Wildman–Crippen LogP) is -0.348. The second kappa shape index (κ2) is 4.97. The second-order valence-corrected chi connectivity index (χ2v) is 5.93. The summed E-state index contributed by atoms with van der Waals surface area (Å²) in [7, 11) is -1.49. The molecule has 0 radical (unpaired) electrons. The van der Waals surface area contributed by atoms with E-state index in [2.05, 4.69) is 5.32 Å². The summed E-state index contributed by atoms with van der Waals surface area (Å²) < 4.78 is 27.1. The third-order valence-electron chi connectivity index (χ3n) is 3.03. The smallest absolute Gasteiger partial charge is 0.282 e. The highest BCUT2D eigenvalue weighted by molar-refractivity contribution is 7.86. The number of likely N-dealkylation sites (N-methyl/N-ethyl adjacent to an activating group) is 1. The molecule has 7 heteroatoms. The second-order valence-electron chi connectivity index (χ2n) is 3.94. The first-order valence-electron chi connectivity index (χ1n) is 5.06. The third kappa shape index (κ3) is 2.45. The highest BCUT2D eigenvalue weighted by atomic mass is 35.5. The van der Waals surface area contributed by atoms with Crippen LogP contribution in [0.5, 0.6) is 0 Å². The number of hydrogen-bond donors (Lipinski definition) is 1. The van der Waals surface area contributed by atoms with Gasteiger partial charge in [0.25, 0.3) is 10.2 Å². The van der Waals surface area contributed by atoms with Gasteiger partial charge in [-0.1, -0.05) is 0 Å². The van der Waals surface area contributed by atoms with Crippen LogP contribution in [0.3, 0.4) is 0 Å². The molecule has 1 N–H and O–H groups in total. The summed E-state index contributed by atoms with van der Waals surface area (Å²) in [6, 6.07) is 0.153. The molecule has 90 valence electrons. The minimum Gasteiger partial charge on any atom is -0.313 e. The van der Waals surface area contributed by atoms with E-state index >= 15 is 0 Å². The lowest BCUT2D eigenvalue weighted by molar-refractivity contribution is 0.258. The summed E-state index contributed by atoms with van der Waals surface area (Å²) in [6.45, 7) is 2.94. The number of nitrogens with zero attached hydrogens (tertiary/aromatic N) is 2. The minimum atomic E-state index is -3.17. The van der Waals surface area contributed by atoms with Crippen molar-refractivity contribution in [3.8, 4) is 0 Å². The van der Waals surface area contributed by atoms with Gasteiger partial charge < -0.3 is 5.32 Å². The maximum Gasteiger partial charge on any atom is 0.282 e. The van der Waals surface area contributed by atoms with Gasteiger partial charge in [-0.15, -0.1) is 12.4 Å². The summed E-state index contributed by atoms with van der Waals surface area (Å²) in [5.74, 6) is 0.